The van der Waals surface area contributed by atoms with Crippen LogP contribution in [0.3, 0.4) is 0 Å². The summed E-state index contributed by atoms with van der Waals surface area (Å²) < 4.78 is 0. The van der Waals surface area contributed by atoms with E-state index in [1.165, 1.54) is 37.6 Å². The molecule has 1 fully saturated rings. The first-order valence-electron chi connectivity index (χ1n) is 8.85. The van der Waals surface area contributed by atoms with E-state index in [2.05, 4.69) is 27.7 Å². The molecule has 0 bridgehead atoms. The molecule has 5 heteroatoms. The molecule has 4 nitrogen and oxygen atoms in total. The lowest BCUT2D eigenvalue weighted by Gasteiger charge is -2.15. The number of thiocarbonyl (C=S) groups is 1. The van der Waals surface area contributed by atoms with E-state index in [-0.39, 0.29) is 5.91 Å². The van der Waals surface area contributed by atoms with Gasteiger partial charge >= 0.3 is 0 Å². The van der Waals surface area contributed by atoms with Crippen LogP contribution in [0.15, 0.2) is 60.7 Å². The number of anilines is 1. The predicted molar refractivity (Wildman–Crippen MR) is 111 cm³/mol. The third-order valence-corrected chi connectivity index (χ3v) is 4.48. The number of hydrogen-bond donors (Lipinski definition) is 2. The minimum Gasteiger partial charge on any atom is -0.332 e. The topological polar surface area (TPSA) is 44.4 Å². The Morgan fingerprint density at radius 3 is 2.42 bits per heavy atom. The van der Waals surface area contributed by atoms with E-state index in [1.807, 2.05) is 42.5 Å². The summed E-state index contributed by atoms with van der Waals surface area (Å²) >= 11 is 5.21. The van der Waals surface area contributed by atoms with Crippen molar-refractivity contribution in [3.63, 3.8) is 0 Å². The summed E-state index contributed by atoms with van der Waals surface area (Å²) in [6, 6.07) is 17.8. The number of nitrogens with zero attached hydrogens (tertiary/aromatic N) is 1. The third-order valence-electron chi connectivity index (χ3n) is 4.28. The predicted octanol–water partition coefficient (Wildman–Crippen LogP) is 3.81. The van der Waals surface area contributed by atoms with Crippen LogP contribution in [0.25, 0.3) is 6.08 Å². The Labute approximate surface area is 159 Å². The second kappa shape index (κ2) is 9.27. The maximum atomic E-state index is 11.9. The lowest BCUT2D eigenvalue weighted by molar-refractivity contribution is -0.115. The molecule has 1 aliphatic rings. The van der Waals surface area contributed by atoms with E-state index in [0.29, 0.717) is 5.11 Å². The number of likely N-dealkylation sites (tertiary alicyclic amines) is 1. The van der Waals surface area contributed by atoms with Gasteiger partial charge in [-0.05, 0) is 67.5 Å². The van der Waals surface area contributed by atoms with Crippen LogP contribution in [-0.4, -0.2) is 29.0 Å². The fourth-order valence-electron chi connectivity index (χ4n) is 2.94. The summed E-state index contributed by atoms with van der Waals surface area (Å²) in [5.41, 5.74) is 3.13. The van der Waals surface area contributed by atoms with E-state index >= 15 is 0 Å². The van der Waals surface area contributed by atoms with E-state index in [1.54, 1.807) is 6.08 Å². The first-order valence-corrected chi connectivity index (χ1v) is 9.26. The zero-order chi connectivity index (χ0) is 18.2. The van der Waals surface area contributed by atoms with Gasteiger partial charge in [0.2, 0.25) is 5.91 Å². The van der Waals surface area contributed by atoms with Crippen molar-refractivity contribution in [3.05, 3.63) is 71.8 Å². The van der Waals surface area contributed by atoms with Gasteiger partial charge in [0.25, 0.3) is 0 Å². The fraction of sp³-hybridized carbons (Fsp3) is 0.238. The van der Waals surface area contributed by atoms with Crippen molar-refractivity contribution in [2.75, 3.05) is 18.4 Å². The van der Waals surface area contributed by atoms with Gasteiger partial charge in [0.1, 0.15) is 0 Å². The smallest absolute Gasteiger partial charge is 0.250 e. The summed E-state index contributed by atoms with van der Waals surface area (Å²) in [4.78, 5) is 14.4. The molecule has 0 aromatic heterocycles. The Balaban J connectivity index is 1.46. The second-order valence-corrected chi connectivity index (χ2v) is 6.78. The highest BCUT2D eigenvalue weighted by Crippen LogP contribution is 2.15. The third kappa shape index (κ3) is 5.79. The molecule has 0 unspecified atom stereocenters. The minimum absolute atomic E-state index is 0.253. The average molecular weight is 366 g/mol. The molecule has 1 amide bonds. The summed E-state index contributed by atoms with van der Waals surface area (Å²) in [7, 11) is 0. The maximum absolute atomic E-state index is 11.9. The van der Waals surface area contributed by atoms with Crippen molar-refractivity contribution in [1.29, 1.82) is 0 Å². The van der Waals surface area contributed by atoms with Crippen molar-refractivity contribution in [2.24, 2.45) is 0 Å². The number of nitrogens with one attached hydrogen (secondary N) is 2. The van der Waals surface area contributed by atoms with Gasteiger partial charge in [0.05, 0.1) is 0 Å². The van der Waals surface area contributed by atoms with E-state index in [9.17, 15) is 4.79 Å². The highest BCUT2D eigenvalue weighted by molar-refractivity contribution is 7.80. The lowest BCUT2D eigenvalue weighted by atomic mass is 10.2. The molecule has 0 spiro atoms. The molecule has 1 aliphatic heterocycles. The lowest BCUT2D eigenvalue weighted by Crippen LogP contribution is -2.32. The van der Waals surface area contributed by atoms with Crippen LogP contribution in [0, 0.1) is 0 Å². The summed E-state index contributed by atoms with van der Waals surface area (Å²) in [5.74, 6) is -0.253. The molecule has 0 radical (unpaired) electrons. The molecule has 1 saturated heterocycles. The van der Waals surface area contributed by atoms with Crippen LogP contribution in [0.1, 0.15) is 24.0 Å². The molecule has 3 rings (SSSR count). The van der Waals surface area contributed by atoms with Crippen molar-refractivity contribution in [3.8, 4) is 0 Å². The summed E-state index contributed by atoms with van der Waals surface area (Å²) in [6.45, 7) is 3.37. The van der Waals surface area contributed by atoms with Crippen molar-refractivity contribution < 1.29 is 4.79 Å². The molecule has 0 saturated carbocycles. The molecule has 0 aliphatic carbocycles. The van der Waals surface area contributed by atoms with Gasteiger partial charge in [-0.3, -0.25) is 15.0 Å². The molecule has 2 N–H and O–H groups in total. The van der Waals surface area contributed by atoms with E-state index < -0.39 is 0 Å². The molecular weight excluding hydrogens is 342 g/mol. The van der Waals surface area contributed by atoms with Crippen LogP contribution >= 0.6 is 12.2 Å². The van der Waals surface area contributed by atoms with Gasteiger partial charge in [0.15, 0.2) is 5.11 Å². The Kier molecular flexibility index (Phi) is 6.52. The molecule has 0 atom stereocenters. The van der Waals surface area contributed by atoms with E-state index in [4.69, 9.17) is 12.2 Å². The van der Waals surface area contributed by atoms with E-state index in [0.717, 1.165) is 17.8 Å². The first-order chi connectivity index (χ1) is 12.7. The highest BCUT2D eigenvalue weighted by Gasteiger charge is 2.11. The number of carbonyl (C=O) groups is 1. The monoisotopic (exact) mass is 365 g/mol. The zero-order valence-corrected chi connectivity index (χ0v) is 15.5. The molecule has 26 heavy (non-hydrogen) atoms. The molecule has 2 aromatic rings. The largest absolute Gasteiger partial charge is 0.332 e. The highest BCUT2D eigenvalue weighted by atomic mass is 32.1. The zero-order valence-electron chi connectivity index (χ0n) is 14.7. The van der Waals surface area contributed by atoms with Gasteiger partial charge in [-0.2, -0.15) is 0 Å². The number of amides is 1. The maximum Gasteiger partial charge on any atom is 0.250 e. The second-order valence-electron chi connectivity index (χ2n) is 6.37. The van der Waals surface area contributed by atoms with Crippen LogP contribution in [0.4, 0.5) is 5.69 Å². The van der Waals surface area contributed by atoms with Crippen molar-refractivity contribution >= 4 is 35.0 Å². The Hall–Kier alpha value is -2.50. The van der Waals surface area contributed by atoms with Gasteiger partial charge in [-0.15, -0.1) is 0 Å². The van der Waals surface area contributed by atoms with Crippen LogP contribution in [-0.2, 0) is 11.3 Å². The average Bonchev–Trinajstić information content (AvgIpc) is 3.15. The Morgan fingerprint density at radius 1 is 1.04 bits per heavy atom. The van der Waals surface area contributed by atoms with Crippen LogP contribution < -0.4 is 10.6 Å². The number of hydrogen-bond acceptors (Lipinski definition) is 3. The quantitative estimate of drug-likeness (QED) is 0.625. The van der Waals surface area contributed by atoms with Crippen molar-refractivity contribution in [2.45, 2.75) is 19.4 Å². The SMILES string of the molecule is O=C(C=Cc1ccccc1)NC(=S)Nc1ccc(CN2CCCC2)cc1. The molecule has 134 valence electrons. The van der Waals surface area contributed by atoms with Crippen LogP contribution in [0.2, 0.25) is 0 Å². The Morgan fingerprint density at radius 2 is 1.73 bits per heavy atom. The van der Waals surface area contributed by atoms with Gasteiger partial charge in [0, 0.05) is 18.3 Å². The number of rotatable bonds is 5. The van der Waals surface area contributed by atoms with Gasteiger partial charge in [-0.25, -0.2) is 0 Å². The summed E-state index contributed by atoms with van der Waals surface area (Å²) in [5, 5.41) is 5.99. The number of carbonyl (C=O) groups excluding carboxylic acids is 1. The Bertz CT molecular complexity index is 766. The first kappa shape index (κ1) is 18.3. The molecule has 2 aromatic carbocycles. The minimum atomic E-state index is -0.253. The number of benzene rings is 2. The molecule has 1 heterocycles. The van der Waals surface area contributed by atoms with Crippen molar-refractivity contribution in [1.82, 2.24) is 10.2 Å². The van der Waals surface area contributed by atoms with Gasteiger partial charge < -0.3 is 5.32 Å². The normalized spacial score (nSPS) is 14.5. The van der Waals surface area contributed by atoms with Gasteiger partial charge in [-0.1, -0.05) is 42.5 Å². The van der Waals surface area contributed by atoms with Crippen LogP contribution in [0.5, 0.6) is 0 Å². The standard InChI is InChI=1S/C21H23N3OS/c25-20(13-10-17-6-2-1-3-7-17)23-21(26)22-19-11-8-18(9-12-19)16-24-14-4-5-15-24/h1-3,6-13H,4-5,14-16H2,(H2,22,23,25,26). The fourth-order valence-corrected chi connectivity index (χ4v) is 3.16. The summed E-state index contributed by atoms with van der Waals surface area (Å²) in [6.07, 6.45) is 5.83. The molecular formula is C21H23N3OS.